The summed E-state index contributed by atoms with van der Waals surface area (Å²) < 4.78 is 0. The predicted molar refractivity (Wildman–Crippen MR) is 49.2 cm³/mol. The lowest BCUT2D eigenvalue weighted by atomic mass is 10.0. The lowest BCUT2D eigenvalue weighted by Crippen LogP contribution is -2.55. The van der Waals surface area contributed by atoms with Crippen LogP contribution in [0.5, 0.6) is 0 Å². The number of hydrogen-bond donors (Lipinski definition) is 3. The van der Waals surface area contributed by atoms with E-state index >= 15 is 0 Å². The summed E-state index contributed by atoms with van der Waals surface area (Å²) in [6.45, 7) is 1.62. The summed E-state index contributed by atoms with van der Waals surface area (Å²) in [4.78, 5) is 23.8. The van der Waals surface area contributed by atoms with Crippen molar-refractivity contribution in [3.8, 4) is 0 Å². The van der Waals surface area contributed by atoms with Crippen molar-refractivity contribution in [2.45, 2.75) is 0 Å². The van der Waals surface area contributed by atoms with Gasteiger partial charge in [-0.05, 0) is 0 Å². The Morgan fingerprint density at radius 3 is 2.64 bits per heavy atom. The van der Waals surface area contributed by atoms with Gasteiger partial charge in [0.2, 0.25) is 0 Å². The molecular weight excluding hydrogens is 186 g/mol. The largest absolute Gasteiger partial charge is 0.396 e. The minimum Gasteiger partial charge on any atom is -0.396 e. The fourth-order valence-corrected chi connectivity index (χ4v) is 1.26. The molecule has 0 aromatic carbocycles. The lowest BCUT2D eigenvalue weighted by Gasteiger charge is -2.37. The van der Waals surface area contributed by atoms with Gasteiger partial charge < -0.3 is 21.1 Å². The van der Waals surface area contributed by atoms with Crippen LogP contribution in [0, 0.1) is 5.92 Å². The molecule has 0 radical (unpaired) electrons. The second-order valence-corrected chi connectivity index (χ2v) is 3.30. The minimum atomic E-state index is -0.619. The van der Waals surface area contributed by atoms with Crippen molar-refractivity contribution in [3.63, 3.8) is 0 Å². The third-order valence-electron chi connectivity index (χ3n) is 2.13. The molecule has 0 bridgehead atoms. The van der Waals surface area contributed by atoms with Gasteiger partial charge in [0, 0.05) is 38.7 Å². The van der Waals surface area contributed by atoms with Crippen LogP contribution < -0.4 is 11.1 Å². The Morgan fingerprint density at radius 1 is 1.50 bits per heavy atom. The molecule has 0 atom stereocenters. The SMILES string of the molecule is NCCNC(=O)C(=O)N1CC(CO)C1. The van der Waals surface area contributed by atoms with Crippen molar-refractivity contribution >= 4 is 11.8 Å². The molecule has 0 aromatic rings. The quantitative estimate of drug-likeness (QED) is 0.440. The van der Waals surface area contributed by atoms with Crippen molar-refractivity contribution < 1.29 is 14.7 Å². The molecule has 6 heteroatoms. The molecular formula is C8H15N3O3. The Morgan fingerprint density at radius 2 is 2.14 bits per heavy atom. The van der Waals surface area contributed by atoms with Crippen LogP contribution in [0.4, 0.5) is 0 Å². The standard InChI is InChI=1S/C8H15N3O3/c9-1-2-10-7(13)8(14)11-3-6(4-11)5-12/h6,12H,1-5,9H2,(H,10,13). The van der Waals surface area contributed by atoms with Crippen LogP contribution >= 0.6 is 0 Å². The maximum Gasteiger partial charge on any atom is 0.311 e. The van der Waals surface area contributed by atoms with E-state index in [9.17, 15) is 9.59 Å². The first-order valence-corrected chi connectivity index (χ1v) is 4.57. The maximum atomic E-state index is 11.3. The fraction of sp³-hybridized carbons (Fsp3) is 0.750. The van der Waals surface area contributed by atoms with E-state index in [0.717, 1.165) is 0 Å². The number of likely N-dealkylation sites (tertiary alicyclic amines) is 1. The lowest BCUT2D eigenvalue weighted by molar-refractivity contribution is -0.150. The highest BCUT2D eigenvalue weighted by molar-refractivity contribution is 6.35. The van der Waals surface area contributed by atoms with Crippen LogP contribution in [0.3, 0.4) is 0 Å². The number of hydrogen-bond acceptors (Lipinski definition) is 4. The van der Waals surface area contributed by atoms with E-state index < -0.39 is 11.8 Å². The van der Waals surface area contributed by atoms with E-state index in [-0.39, 0.29) is 12.5 Å². The fourth-order valence-electron chi connectivity index (χ4n) is 1.26. The summed E-state index contributed by atoms with van der Waals surface area (Å²) in [6, 6.07) is 0. The molecule has 0 unspecified atom stereocenters. The van der Waals surface area contributed by atoms with Gasteiger partial charge in [-0.2, -0.15) is 0 Å². The second-order valence-electron chi connectivity index (χ2n) is 3.30. The van der Waals surface area contributed by atoms with Crippen LogP contribution in [0.15, 0.2) is 0 Å². The Hall–Kier alpha value is -1.14. The highest BCUT2D eigenvalue weighted by atomic mass is 16.3. The van der Waals surface area contributed by atoms with E-state index in [1.165, 1.54) is 4.90 Å². The second kappa shape index (κ2) is 4.92. The van der Waals surface area contributed by atoms with E-state index in [1.807, 2.05) is 0 Å². The van der Waals surface area contributed by atoms with E-state index in [4.69, 9.17) is 10.8 Å². The number of nitrogens with two attached hydrogens (primary N) is 1. The summed E-state index contributed by atoms with van der Waals surface area (Å²) in [7, 11) is 0. The van der Waals surface area contributed by atoms with Crippen molar-refractivity contribution in [1.29, 1.82) is 0 Å². The van der Waals surface area contributed by atoms with Crippen molar-refractivity contribution in [1.82, 2.24) is 10.2 Å². The molecule has 1 fully saturated rings. The zero-order valence-corrected chi connectivity index (χ0v) is 7.90. The summed E-state index contributed by atoms with van der Waals surface area (Å²) in [5.74, 6) is -1.03. The van der Waals surface area contributed by atoms with Gasteiger partial charge in [-0.3, -0.25) is 9.59 Å². The normalized spacial score (nSPS) is 16.3. The first kappa shape index (κ1) is 10.9. The summed E-state index contributed by atoms with van der Waals surface area (Å²) >= 11 is 0. The molecule has 80 valence electrons. The van der Waals surface area contributed by atoms with E-state index in [1.54, 1.807) is 0 Å². The average Bonchev–Trinajstić information content (AvgIpc) is 2.12. The van der Waals surface area contributed by atoms with Crippen LogP contribution in [0.2, 0.25) is 0 Å². The third kappa shape index (κ3) is 2.43. The Balaban J connectivity index is 2.25. The highest BCUT2D eigenvalue weighted by Crippen LogP contribution is 2.14. The van der Waals surface area contributed by atoms with Gasteiger partial charge in [-0.15, -0.1) is 0 Å². The molecule has 2 amide bonds. The number of rotatable bonds is 3. The molecule has 4 N–H and O–H groups in total. The average molecular weight is 201 g/mol. The number of aliphatic hydroxyl groups is 1. The molecule has 1 rings (SSSR count). The number of carbonyl (C=O) groups is 2. The smallest absolute Gasteiger partial charge is 0.311 e. The van der Waals surface area contributed by atoms with Crippen LogP contribution in [0.25, 0.3) is 0 Å². The first-order chi connectivity index (χ1) is 6.69. The maximum absolute atomic E-state index is 11.3. The number of amides is 2. The number of carbonyl (C=O) groups excluding carboxylic acids is 2. The van der Waals surface area contributed by atoms with Gasteiger partial charge in [0.05, 0.1) is 0 Å². The molecule has 1 aliphatic rings. The Labute approximate surface area is 82.1 Å². The zero-order valence-electron chi connectivity index (χ0n) is 7.90. The van der Waals surface area contributed by atoms with Gasteiger partial charge in [0.1, 0.15) is 0 Å². The van der Waals surface area contributed by atoms with Gasteiger partial charge in [-0.25, -0.2) is 0 Å². The van der Waals surface area contributed by atoms with E-state index in [2.05, 4.69) is 5.32 Å². The molecule has 1 saturated heterocycles. The van der Waals surface area contributed by atoms with Crippen LogP contribution in [-0.2, 0) is 9.59 Å². The van der Waals surface area contributed by atoms with Crippen LogP contribution in [-0.4, -0.2) is 54.6 Å². The Kier molecular flexibility index (Phi) is 3.84. The predicted octanol–water partition coefficient (Wildman–Crippen LogP) is -2.49. The Bertz CT molecular complexity index is 226. The minimum absolute atomic E-state index is 0.0637. The first-order valence-electron chi connectivity index (χ1n) is 4.57. The molecule has 0 saturated carbocycles. The summed E-state index contributed by atoms with van der Waals surface area (Å²) in [5.41, 5.74) is 5.17. The topological polar surface area (TPSA) is 95.7 Å². The molecule has 14 heavy (non-hydrogen) atoms. The van der Waals surface area contributed by atoms with Crippen molar-refractivity contribution in [2.24, 2.45) is 11.7 Å². The molecule has 0 aromatic heterocycles. The number of nitrogens with zero attached hydrogens (tertiary/aromatic N) is 1. The zero-order chi connectivity index (χ0) is 10.6. The molecule has 0 aliphatic carbocycles. The highest BCUT2D eigenvalue weighted by Gasteiger charge is 2.33. The third-order valence-corrected chi connectivity index (χ3v) is 2.13. The van der Waals surface area contributed by atoms with Gasteiger partial charge in [-0.1, -0.05) is 0 Å². The number of nitrogens with one attached hydrogen (secondary N) is 1. The monoisotopic (exact) mass is 201 g/mol. The van der Waals surface area contributed by atoms with Crippen molar-refractivity contribution in [3.05, 3.63) is 0 Å². The van der Waals surface area contributed by atoms with Gasteiger partial charge >= 0.3 is 11.8 Å². The molecule has 6 nitrogen and oxygen atoms in total. The molecule has 1 aliphatic heterocycles. The van der Waals surface area contributed by atoms with Crippen LogP contribution in [0.1, 0.15) is 0 Å². The molecule has 1 heterocycles. The van der Waals surface area contributed by atoms with Gasteiger partial charge in [0.15, 0.2) is 0 Å². The molecule has 0 spiro atoms. The van der Waals surface area contributed by atoms with E-state index in [0.29, 0.717) is 26.2 Å². The van der Waals surface area contributed by atoms with Crippen molar-refractivity contribution in [2.75, 3.05) is 32.8 Å². The summed E-state index contributed by atoms with van der Waals surface area (Å²) in [6.07, 6.45) is 0. The van der Waals surface area contributed by atoms with Gasteiger partial charge in [0.25, 0.3) is 0 Å². The number of aliphatic hydroxyl groups excluding tert-OH is 1. The summed E-state index contributed by atoms with van der Waals surface area (Å²) in [5, 5.41) is 11.1.